The Kier molecular flexibility index (Phi) is 1.79. The van der Waals surface area contributed by atoms with Gasteiger partial charge in [-0.3, -0.25) is 5.10 Å². The Morgan fingerprint density at radius 3 is 3.00 bits per heavy atom. The van der Waals surface area contributed by atoms with E-state index in [4.69, 9.17) is 5.73 Å². The summed E-state index contributed by atoms with van der Waals surface area (Å²) in [6.07, 6.45) is 5.54. The standard InChI is InChI=1S/C9H15N3/c1-6(7-2-3-7)4-9-8(10)5-11-12-9/h5-7H,2-4,10H2,1H3,(H,11,12). The first-order chi connectivity index (χ1) is 5.77. The lowest BCUT2D eigenvalue weighted by atomic mass is 10.00. The largest absolute Gasteiger partial charge is 0.396 e. The van der Waals surface area contributed by atoms with E-state index in [2.05, 4.69) is 17.1 Å². The summed E-state index contributed by atoms with van der Waals surface area (Å²) >= 11 is 0. The molecule has 1 aromatic heterocycles. The molecule has 1 fully saturated rings. The number of nitrogens with two attached hydrogens (primary N) is 1. The van der Waals surface area contributed by atoms with E-state index in [1.165, 1.54) is 12.8 Å². The van der Waals surface area contributed by atoms with Crippen molar-refractivity contribution in [3.05, 3.63) is 11.9 Å². The molecule has 2 rings (SSSR count). The highest BCUT2D eigenvalue weighted by molar-refractivity contribution is 5.40. The van der Waals surface area contributed by atoms with Crippen LogP contribution in [0.2, 0.25) is 0 Å². The molecule has 1 aliphatic carbocycles. The van der Waals surface area contributed by atoms with E-state index in [1.807, 2.05) is 0 Å². The van der Waals surface area contributed by atoms with E-state index in [9.17, 15) is 0 Å². The van der Waals surface area contributed by atoms with Crippen LogP contribution in [0.4, 0.5) is 5.69 Å². The lowest BCUT2D eigenvalue weighted by Crippen LogP contribution is -2.04. The molecule has 0 spiro atoms. The van der Waals surface area contributed by atoms with E-state index in [0.29, 0.717) is 0 Å². The third kappa shape index (κ3) is 1.44. The molecule has 3 N–H and O–H groups in total. The Hall–Kier alpha value is -0.990. The Labute approximate surface area is 72.4 Å². The van der Waals surface area contributed by atoms with Crippen LogP contribution in [0, 0.1) is 11.8 Å². The zero-order valence-corrected chi connectivity index (χ0v) is 7.38. The summed E-state index contributed by atoms with van der Waals surface area (Å²) in [5.74, 6) is 1.69. The second-order valence-corrected chi connectivity index (χ2v) is 3.82. The lowest BCUT2D eigenvalue weighted by molar-refractivity contribution is 0.501. The first-order valence-electron chi connectivity index (χ1n) is 4.55. The number of aromatic nitrogens is 2. The van der Waals surface area contributed by atoms with Crippen molar-refractivity contribution in [3.8, 4) is 0 Å². The molecule has 12 heavy (non-hydrogen) atoms. The first kappa shape index (κ1) is 7.65. The van der Waals surface area contributed by atoms with Gasteiger partial charge in [-0.25, -0.2) is 0 Å². The van der Waals surface area contributed by atoms with Crippen molar-refractivity contribution in [2.75, 3.05) is 5.73 Å². The monoisotopic (exact) mass is 165 g/mol. The number of nitrogens with one attached hydrogen (secondary N) is 1. The third-order valence-corrected chi connectivity index (χ3v) is 2.70. The van der Waals surface area contributed by atoms with Gasteiger partial charge in [0.2, 0.25) is 0 Å². The zero-order valence-electron chi connectivity index (χ0n) is 7.38. The van der Waals surface area contributed by atoms with Crippen LogP contribution >= 0.6 is 0 Å². The Morgan fingerprint density at radius 1 is 1.75 bits per heavy atom. The van der Waals surface area contributed by atoms with Crippen molar-refractivity contribution in [1.82, 2.24) is 10.2 Å². The van der Waals surface area contributed by atoms with Gasteiger partial charge in [-0.2, -0.15) is 5.10 Å². The maximum Gasteiger partial charge on any atom is 0.0730 e. The Morgan fingerprint density at radius 2 is 2.50 bits per heavy atom. The fraction of sp³-hybridized carbons (Fsp3) is 0.667. The molecule has 0 radical (unpaired) electrons. The predicted octanol–water partition coefficient (Wildman–Crippen LogP) is 1.58. The minimum atomic E-state index is 0.757. The fourth-order valence-electron chi connectivity index (χ4n) is 1.64. The zero-order chi connectivity index (χ0) is 8.55. The lowest BCUT2D eigenvalue weighted by Gasteiger charge is -2.07. The van der Waals surface area contributed by atoms with Gasteiger partial charge in [0.05, 0.1) is 17.6 Å². The van der Waals surface area contributed by atoms with Gasteiger partial charge in [0.1, 0.15) is 0 Å². The van der Waals surface area contributed by atoms with Crippen LogP contribution in [0.25, 0.3) is 0 Å². The van der Waals surface area contributed by atoms with Crippen LogP contribution in [-0.4, -0.2) is 10.2 Å². The first-order valence-corrected chi connectivity index (χ1v) is 4.55. The van der Waals surface area contributed by atoms with Gasteiger partial charge >= 0.3 is 0 Å². The SMILES string of the molecule is CC(Cc1[nH]ncc1N)C1CC1. The minimum absolute atomic E-state index is 0.757. The fourth-order valence-corrected chi connectivity index (χ4v) is 1.64. The number of nitrogen functional groups attached to an aromatic ring is 1. The average molecular weight is 165 g/mol. The molecule has 0 bridgehead atoms. The van der Waals surface area contributed by atoms with Crippen LogP contribution in [-0.2, 0) is 6.42 Å². The second-order valence-electron chi connectivity index (χ2n) is 3.82. The highest BCUT2D eigenvalue weighted by Gasteiger charge is 2.28. The summed E-state index contributed by atoms with van der Waals surface area (Å²) in [7, 11) is 0. The normalized spacial score (nSPS) is 19.4. The summed E-state index contributed by atoms with van der Waals surface area (Å²) in [5.41, 5.74) is 7.63. The number of nitrogens with zero attached hydrogens (tertiary/aromatic N) is 1. The van der Waals surface area contributed by atoms with Crippen molar-refractivity contribution >= 4 is 5.69 Å². The van der Waals surface area contributed by atoms with E-state index >= 15 is 0 Å². The Balaban J connectivity index is 1.97. The van der Waals surface area contributed by atoms with E-state index in [-0.39, 0.29) is 0 Å². The van der Waals surface area contributed by atoms with Gasteiger partial charge in [-0.05, 0) is 31.1 Å². The molecule has 1 aromatic rings. The molecule has 0 saturated heterocycles. The summed E-state index contributed by atoms with van der Waals surface area (Å²) in [6.45, 7) is 2.29. The average Bonchev–Trinajstić information content (AvgIpc) is 2.80. The second kappa shape index (κ2) is 2.81. The van der Waals surface area contributed by atoms with Crippen LogP contribution in [0.5, 0.6) is 0 Å². The van der Waals surface area contributed by atoms with Crippen molar-refractivity contribution < 1.29 is 0 Å². The van der Waals surface area contributed by atoms with Gasteiger partial charge < -0.3 is 5.73 Å². The molecule has 0 amide bonds. The summed E-state index contributed by atoms with van der Waals surface area (Å²) in [4.78, 5) is 0. The maximum absolute atomic E-state index is 5.72. The maximum atomic E-state index is 5.72. The molecular formula is C9H15N3. The third-order valence-electron chi connectivity index (χ3n) is 2.70. The van der Waals surface area contributed by atoms with Gasteiger partial charge in [0.15, 0.2) is 0 Å². The number of hydrogen-bond acceptors (Lipinski definition) is 2. The predicted molar refractivity (Wildman–Crippen MR) is 48.6 cm³/mol. The molecule has 3 heteroatoms. The smallest absolute Gasteiger partial charge is 0.0730 e. The number of rotatable bonds is 3. The highest BCUT2D eigenvalue weighted by Crippen LogP contribution is 2.38. The molecule has 1 unspecified atom stereocenters. The molecular weight excluding hydrogens is 150 g/mol. The van der Waals surface area contributed by atoms with Gasteiger partial charge in [0.25, 0.3) is 0 Å². The molecule has 1 atom stereocenters. The van der Waals surface area contributed by atoms with Crippen LogP contribution in [0.3, 0.4) is 0 Å². The van der Waals surface area contributed by atoms with Gasteiger partial charge in [0, 0.05) is 0 Å². The van der Waals surface area contributed by atoms with Gasteiger partial charge in [-0.15, -0.1) is 0 Å². The van der Waals surface area contributed by atoms with Gasteiger partial charge in [-0.1, -0.05) is 6.92 Å². The van der Waals surface area contributed by atoms with Crippen LogP contribution < -0.4 is 5.73 Å². The minimum Gasteiger partial charge on any atom is -0.396 e. The van der Waals surface area contributed by atoms with Crippen molar-refractivity contribution in [1.29, 1.82) is 0 Å². The van der Waals surface area contributed by atoms with E-state index in [1.54, 1.807) is 6.20 Å². The molecule has 0 aromatic carbocycles. The number of H-pyrrole nitrogens is 1. The summed E-state index contributed by atoms with van der Waals surface area (Å²) in [6, 6.07) is 0. The molecule has 0 aliphatic heterocycles. The van der Waals surface area contributed by atoms with Crippen LogP contribution in [0.1, 0.15) is 25.5 Å². The van der Waals surface area contributed by atoms with Crippen molar-refractivity contribution in [3.63, 3.8) is 0 Å². The molecule has 1 heterocycles. The summed E-state index contributed by atoms with van der Waals surface area (Å²) < 4.78 is 0. The Bertz CT molecular complexity index is 262. The topological polar surface area (TPSA) is 54.7 Å². The van der Waals surface area contributed by atoms with E-state index < -0.39 is 0 Å². The molecule has 1 saturated carbocycles. The quantitative estimate of drug-likeness (QED) is 0.714. The molecule has 1 aliphatic rings. The van der Waals surface area contributed by atoms with E-state index in [0.717, 1.165) is 29.6 Å². The number of hydrogen-bond donors (Lipinski definition) is 2. The highest BCUT2D eigenvalue weighted by atomic mass is 15.1. The van der Waals surface area contributed by atoms with Crippen molar-refractivity contribution in [2.24, 2.45) is 11.8 Å². The number of aromatic amines is 1. The van der Waals surface area contributed by atoms with Crippen LogP contribution in [0.15, 0.2) is 6.20 Å². The summed E-state index contributed by atoms with van der Waals surface area (Å²) in [5, 5.41) is 6.85. The molecule has 3 nitrogen and oxygen atoms in total. The number of anilines is 1. The van der Waals surface area contributed by atoms with Crippen molar-refractivity contribution in [2.45, 2.75) is 26.2 Å². The molecule has 66 valence electrons.